The van der Waals surface area contributed by atoms with Gasteiger partial charge in [-0.1, -0.05) is 0 Å². The predicted octanol–water partition coefficient (Wildman–Crippen LogP) is 1.31. The highest BCUT2D eigenvalue weighted by Gasteiger charge is 2.22. The average molecular weight is 370 g/mol. The molecule has 126 valence electrons. The summed E-state index contributed by atoms with van der Waals surface area (Å²) in [7, 11) is -4.34. The minimum atomic E-state index is -4.34. The molecule has 0 saturated carbocycles. The normalized spacial score (nSPS) is 11.1. The van der Waals surface area contributed by atoms with Crippen LogP contribution in [0.5, 0.6) is 0 Å². The van der Waals surface area contributed by atoms with E-state index in [1.165, 1.54) is 19.1 Å². The fourth-order valence-corrected chi connectivity index (χ4v) is 3.59. The van der Waals surface area contributed by atoms with Crippen molar-refractivity contribution in [1.82, 2.24) is 4.72 Å². The second-order valence-electron chi connectivity index (χ2n) is 4.66. The van der Waals surface area contributed by atoms with Crippen molar-refractivity contribution in [1.29, 1.82) is 0 Å². The van der Waals surface area contributed by atoms with E-state index in [1.807, 2.05) is 0 Å². The monoisotopic (exact) mass is 370 g/mol. The second-order valence-corrected chi connectivity index (χ2v) is 7.43. The third kappa shape index (κ3) is 3.66. The second kappa shape index (κ2) is 6.49. The predicted molar refractivity (Wildman–Crippen MR) is 83.9 cm³/mol. The Balaban J connectivity index is 2.30. The molecule has 0 bridgehead atoms. The molecule has 0 unspecified atom stereocenters. The summed E-state index contributed by atoms with van der Waals surface area (Å²) in [5.41, 5.74) is 4.35. The lowest BCUT2D eigenvalue weighted by Crippen LogP contribution is -2.30. The summed E-state index contributed by atoms with van der Waals surface area (Å²) in [6, 6.07) is 5.11. The van der Waals surface area contributed by atoms with Crippen molar-refractivity contribution in [3.05, 3.63) is 51.5 Å². The number of ketones is 1. The molecule has 1 aromatic carbocycles. The number of Topliss-reactive ketones (excluding diaryl/α,β-unsaturated/α-hetero) is 1. The third-order valence-corrected chi connectivity index (χ3v) is 5.43. The topological polar surface area (TPSA) is 123 Å². The Morgan fingerprint density at radius 2 is 1.75 bits per heavy atom. The van der Waals surface area contributed by atoms with Gasteiger partial charge in [0.05, 0.1) is 20.2 Å². The summed E-state index contributed by atoms with van der Waals surface area (Å²) in [6.07, 6.45) is 0. The Labute approximate surface area is 140 Å². The first kappa shape index (κ1) is 17.8. The number of amides is 2. The maximum absolute atomic E-state index is 13.4. The Morgan fingerprint density at radius 3 is 2.29 bits per heavy atom. The number of benzene rings is 1. The fourth-order valence-electron chi connectivity index (χ4n) is 1.74. The van der Waals surface area contributed by atoms with E-state index in [2.05, 4.69) is 0 Å². The smallest absolute Gasteiger partial charge is 0.275 e. The van der Waals surface area contributed by atoms with Gasteiger partial charge in [-0.15, -0.1) is 11.3 Å². The quantitative estimate of drug-likeness (QED) is 0.768. The molecule has 0 fully saturated rings. The lowest BCUT2D eigenvalue weighted by atomic mass is 10.2. The molecule has 0 saturated heterocycles. The molecule has 2 aromatic rings. The van der Waals surface area contributed by atoms with Gasteiger partial charge in [-0.25, -0.2) is 17.5 Å². The van der Waals surface area contributed by atoms with E-state index in [-0.39, 0.29) is 10.7 Å². The average Bonchev–Trinajstić information content (AvgIpc) is 2.96. The number of nitrogens with one attached hydrogen (secondary N) is 1. The van der Waals surface area contributed by atoms with Gasteiger partial charge in [0, 0.05) is 0 Å². The van der Waals surface area contributed by atoms with Crippen molar-refractivity contribution >= 4 is 39.0 Å². The zero-order chi connectivity index (χ0) is 18.1. The molecule has 0 aliphatic heterocycles. The molecule has 2 amide bonds. The molecule has 1 aromatic heterocycles. The Kier molecular flexibility index (Phi) is 4.81. The van der Waals surface area contributed by atoms with Crippen LogP contribution in [0.4, 0.5) is 4.39 Å². The highest BCUT2D eigenvalue weighted by molar-refractivity contribution is 7.90. The Morgan fingerprint density at radius 1 is 1.12 bits per heavy atom. The van der Waals surface area contributed by atoms with Crippen molar-refractivity contribution in [2.24, 2.45) is 5.73 Å². The molecule has 2 rings (SSSR count). The van der Waals surface area contributed by atoms with Crippen molar-refractivity contribution in [3.8, 4) is 0 Å². The van der Waals surface area contributed by atoms with Crippen LogP contribution in [0, 0.1) is 5.82 Å². The van der Waals surface area contributed by atoms with Crippen molar-refractivity contribution < 1.29 is 27.2 Å². The zero-order valence-corrected chi connectivity index (χ0v) is 13.8. The fraction of sp³-hybridized carbons (Fsp3) is 0.0714. The van der Waals surface area contributed by atoms with Gasteiger partial charge in [0.25, 0.3) is 21.8 Å². The van der Waals surface area contributed by atoms with Gasteiger partial charge in [-0.2, -0.15) is 0 Å². The summed E-state index contributed by atoms with van der Waals surface area (Å²) in [5.74, 6) is -3.32. The van der Waals surface area contributed by atoms with E-state index < -0.39 is 38.1 Å². The standard InChI is InChI=1S/C14H11FN2O5S2/c1-7(18)11-4-5-12(23-11)14(20)17-24(21,22)8-2-3-10(15)9(6-8)13(16)19/h2-6H,1H3,(H2,16,19)(H,17,20). The zero-order valence-electron chi connectivity index (χ0n) is 12.2. The number of hydrogen-bond donors (Lipinski definition) is 2. The van der Waals surface area contributed by atoms with Gasteiger partial charge >= 0.3 is 0 Å². The molecule has 0 aliphatic rings. The lowest BCUT2D eigenvalue weighted by molar-refractivity contribution is 0.0981. The van der Waals surface area contributed by atoms with Crippen LogP contribution < -0.4 is 10.5 Å². The van der Waals surface area contributed by atoms with Crippen LogP contribution >= 0.6 is 11.3 Å². The number of hydrogen-bond acceptors (Lipinski definition) is 6. The molecule has 0 spiro atoms. The number of sulfonamides is 1. The molecule has 10 heteroatoms. The summed E-state index contributed by atoms with van der Waals surface area (Å²) in [5, 5.41) is 0. The van der Waals surface area contributed by atoms with Crippen LogP contribution in [0.25, 0.3) is 0 Å². The van der Waals surface area contributed by atoms with Crippen LogP contribution in [-0.4, -0.2) is 26.0 Å². The van der Waals surface area contributed by atoms with E-state index in [9.17, 15) is 27.2 Å². The van der Waals surface area contributed by atoms with Crippen LogP contribution in [0.15, 0.2) is 35.2 Å². The van der Waals surface area contributed by atoms with Crippen molar-refractivity contribution in [2.75, 3.05) is 0 Å². The third-order valence-electron chi connectivity index (χ3n) is 2.92. The van der Waals surface area contributed by atoms with E-state index in [0.717, 1.165) is 29.5 Å². The maximum Gasteiger partial charge on any atom is 0.275 e. The van der Waals surface area contributed by atoms with Crippen molar-refractivity contribution in [3.63, 3.8) is 0 Å². The number of nitrogens with two attached hydrogens (primary N) is 1. The summed E-state index contributed by atoms with van der Waals surface area (Å²) < 4.78 is 39.5. The highest BCUT2D eigenvalue weighted by Crippen LogP contribution is 2.19. The molecular formula is C14H11FN2O5S2. The van der Waals surface area contributed by atoms with Gasteiger partial charge in [0.2, 0.25) is 0 Å². The molecule has 1 heterocycles. The van der Waals surface area contributed by atoms with Crippen molar-refractivity contribution in [2.45, 2.75) is 11.8 Å². The largest absolute Gasteiger partial charge is 0.366 e. The highest BCUT2D eigenvalue weighted by atomic mass is 32.2. The minimum Gasteiger partial charge on any atom is -0.366 e. The number of rotatable bonds is 5. The van der Waals surface area contributed by atoms with Gasteiger partial charge < -0.3 is 5.73 Å². The summed E-state index contributed by atoms with van der Waals surface area (Å²) >= 11 is 0.835. The van der Waals surface area contributed by atoms with E-state index in [4.69, 9.17) is 5.73 Å². The molecule has 7 nitrogen and oxygen atoms in total. The number of halogens is 1. The van der Waals surface area contributed by atoms with E-state index in [1.54, 1.807) is 4.72 Å². The van der Waals surface area contributed by atoms with E-state index in [0.29, 0.717) is 4.88 Å². The number of carbonyl (C=O) groups excluding carboxylic acids is 3. The van der Waals surface area contributed by atoms with Crippen LogP contribution in [0.3, 0.4) is 0 Å². The van der Waals surface area contributed by atoms with Gasteiger partial charge in [-0.3, -0.25) is 14.4 Å². The summed E-state index contributed by atoms with van der Waals surface area (Å²) in [4.78, 5) is 34.1. The molecule has 0 atom stereocenters. The Bertz CT molecular complexity index is 950. The minimum absolute atomic E-state index is 0.0148. The molecule has 24 heavy (non-hydrogen) atoms. The van der Waals surface area contributed by atoms with Gasteiger partial charge in [0.1, 0.15) is 5.82 Å². The molecule has 3 N–H and O–H groups in total. The van der Waals surface area contributed by atoms with Gasteiger partial charge in [-0.05, 0) is 37.3 Å². The van der Waals surface area contributed by atoms with Gasteiger partial charge in [0.15, 0.2) is 5.78 Å². The Hall–Kier alpha value is -2.59. The van der Waals surface area contributed by atoms with Crippen LogP contribution in [0.2, 0.25) is 0 Å². The lowest BCUT2D eigenvalue weighted by Gasteiger charge is -2.07. The van der Waals surface area contributed by atoms with Crippen LogP contribution in [-0.2, 0) is 10.0 Å². The number of primary amides is 1. The number of thiophene rings is 1. The number of carbonyl (C=O) groups is 3. The first-order valence-electron chi connectivity index (χ1n) is 6.39. The SMILES string of the molecule is CC(=O)c1ccc(C(=O)NS(=O)(=O)c2ccc(F)c(C(N)=O)c2)s1. The summed E-state index contributed by atoms with van der Waals surface area (Å²) in [6.45, 7) is 1.31. The van der Waals surface area contributed by atoms with Crippen LogP contribution in [0.1, 0.15) is 36.6 Å². The first-order chi connectivity index (χ1) is 11.1. The first-order valence-corrected chi connectivity index (χ1v) is 8.69. The molecule has 0 radical (unpaired) electrons. The molecular weight excluding hydrogens is 359 g/mol. The van der Waals surface area contributed by atoms with E-state index >= 15 is 0 Å². The maximum atomic E-state index is 13.4. The molecule has 0 aliphatic carbocycles.